The number of carbonyl (C=O) groups is 1. The van der Waals surface area contributed by atoms with Crippen molar-refractivity contribution in [2.24, 2.45) is 0 Å². The molecule has 0 aliphatic carbocycles. The van der Waals surface area contributed by atoms with Crippen LogP contribution in [0.4, 0.5) is 0 Å². The number of para-hydroxylation sites is 1. The van der Waals surface area contributed by atoms with Crippen molar-refractivity contribution in [3.8, 4) is 11.5 Å². The standard InChI is InChI=1S/C17H25NO5/c1-4-22-17(20)15(19)13-8-5-9-14(21-3)16(13)23-12-7-6-10-18(2)11-12/h5,8-9,12,15,19H,4,6-7,10-11H2,1-3H3. The number of hydrogen-bond donors (Lipinski definition) is 1. The summed E-state index contributed by atoms with van der Waals surface area (Å²) in [6, 6.07) is 5.13. The number of carbonyl (C=O) groups excluding carboxylic acids is 1. The molecule has 1 N–H and O–H groups in total. The van der Waals surface area contributed by atoms with Crippen LogP contribution in [-0.2, 0) is 9.53 Å². The van der Waals surface area contributed by atoms with E-state index >= 15 is 0 Å². The molecule has 1 aromatic carbocycles. The fraction of sp³-hybridized carbons (Fsp3) is 0.588. The second kappa shape index (κ2) is 8.17. The summed E-state index contributed by atoms with van der Waals surface area (Å²) in [6.07, 6.45) is 0.586. The summed E-state index contributed by atoms with van der Waals surface area (Å²) >= 11 is 0. The van der Waals surface area contributed by atoms with Crippen molar-refractivity contribution in [2.75, 3.05) is 33.9 Å². The van der Waals surface area contributed by atoms with Gasteiger partial charge in [-0.2, -0.15) is 0 Å². The summed E-state index contributed by atoms with van der Waals surface area (Å²) in [5.74, 6) is 0.223. The molecule has 0 saturated carbocycles. The van der Waals surface area contributed by atoms with Crippen molar-refractivity contribution in [3.05, 3.63) is 23.8 Å². The second-order valence-electron chi connectivity index (χ2n) is 5.68. The zero-order valence-corrected chi connectivity index (χ0v) is 13.9. The lowest BCUT2D eigenvalue weighted by molar-refractivity contribution is -0.153. The number of aliphatic hydroxyl groups excluding tert-OH is 1. The van der Waals surface area contributed by atoms with Crippen LogP contribution in [0.5, 0.6) is 11.5 Å². The van der Waals surface area contributed by atoms with Gasteiger partial charge in [-0.3, -0.25) is 0 Å². The number of ether oxygens (including phenoxy) is 3. The summed E-state index contributed by atoms with van der Waals surface area (Å²) in [5, 5.41) is 10.3. The molecule has 2 unspecified atom stereocenters. The minimum Gasteiger partial charge on any atom is -0.493 e. The minimum atomic E-state index is -1.39. The Bertz CT molecular complexity index is 534. The highest BCUT2D eigenvalue weighted by atomic mass is 16.5. The van der Waals surface area contributed by atoms with E-state index in [4.69, 9.17) is 14.2 Å². The van der Waals surface area contributed by atoms with Crippen LogP contribution in [0.15, 0.2) is 18.2 Å². The Balaban J connectivity index is 2.26. The number of likely N-dealkylation sites (tertiary alicyclic amines) is 1. The molecule has 2 atom stereocenters. The summed E-state index contributed by atoms with van der Waals surface area (Å²) < 4.78 is 16.3. The Kier molecular flexibility index (Phi) is 6.24. The monoisotopic (exact) mass is 323 g/mol. The van der Waals surface area contributed by atoms with Gasteiger partial charge in [0.05, 0.1) is 13.7 Å². The number of aliphatic hydroxyl groups is 1. The molecule has 1 heterocycles. The van der Waals surface area contributed by atoms with Crippen molar-refractivity contribution in [1.82, 2.24) is 4.90 Å². The largest absolute Gasteiger partial charge is 0.493 e. The molecule has 1 fully saturated rings. The fourth-order valence-corrected chi connectivity index (χ4v) is 2.77. The van der Waals surface area contributed by atoms with E-state index in [1.807, 2.05) is 7.05 Å². The molecule has 0 bridgehead atoms. The molecule has 0 spiro atoms. The zero-order valence-electron chi connectivity index (χ0n) is 13.9. The van der Waals surface area contributed by atoms with Crippen LogP contribution in [-0.4, -0.2) is 55.9 Å². The van der Waals surface area contributed by atoms with Gasteiger partial charge in [-0.05, 0) is 39.4 Å². The third-order valence-corrected chi connectivity index (χ3v) is 3.90. The van der Waals surface area contributed by atoms with Crippen molar-refractivity contribution in [2.45, 2.75) is 32.0 Å². The second-order valence-corrected chi connectivity index (χ2v) is 5.68. The first-order chi connectivity index (χ1) is 11.1. The Morgan fingerprint density at radius 1 is 1.48 bits per heavy atom. The summed E-state index contributed by atoms with van der Waals surface area (Å²) in [5.41, 5.74) is 0.371. The molecule has 23 heavy (non-hydrogen) atoms. The highest BCUT2D eigenvalue weighted by Gasteiger charge is 2.27. The van der Waals surface area contributed by atoms with Crippen LogP contribution >= 0.6 is 0 Å². The average Bonchev–Trinajstić information content (AvgIpc) is 2.54. The van der Waals surface area contributed by atoms with Crippen LogP contribution in [0, 0.1) is 0 Å². The van der Waals surface area contributed by atoms with Crippen LogP contribution in [0.1, 0.15) is 31.4 Å². The molecule has 2 rings (SSSR count). The van der Waals surface area contributed by atoms with Gasteiger partial charge >= 0.3 is 5.97 Å². The van der Waals surface area contributed by atoms with Crippen LogP contribution in [0.25, 0.3) is 0 Å². The van der Waals surface area contributed by atoms with E-state index in [1.54, 1.807) is 25.1 Å². The lowest BCUT2D eigenvalue weighted by atomic mass is 10.1. The number of esters is 1. The lowest BCUT2D eigenvalue weighted by Crippen LogP contribution is -2.38. The van der Waals surface area contributed by atoms with E-state index < -0.39 is 12.1 Å². The SMILES string of the molecule is CCOC(=O)C(O)c1cccc(OC)c1OC1CCCN(C)C1. The maximum atomic E-state index is 11.9. The molecule has 1 aromatic rings. The zero-order chi connectivity index (χ0) is 16.8. The van der Waals surface area contributed by atoms with Gasteiger partial charge < -0.3 is 24.2 Å². The summed E-state index contributed by atoms with van der Waals surface area (Å²) in [4.78, 5) is 14.1. The predicted octanol–water partition coefficient (Wildman–Crippen LogP) is 1.76. The first-order valence-corrected chi connectivity index (χ1v) is 7.93. The highest BCUT2D eigenvalue weighted by Crippen LogP contribution is 2.37. The Labute approximate surface area is 136 Å². The number of hydrogen-bond acceptors (Lipinski definition) is 6. The molecule has 6 nitrogen and oxygen atoms in total. The van der Waals surface area contributed by atoms with Crippen molar-refractivity contribution in [3.63, 3.8) is 0 Å². The van der Waals surface area contributed by atoms with Gasteiger partial charge in [-0.15, -0.1) is 0 Å². The molecule has 0 radical (unpaired) electrons. The normalized spacial score (nSPS) is 19.9. The fourth-order valence-electron chi connectivity index (χ4n) is 2.77. The number of likely N-dealkylation sites (N-methyl/N-ethyl adjacent to an activating group) is 1. The number of rotatable bonds is 6. The van der Waals surface area contributed by atoms with E-state index in [1.165, 1.54) is 7.11 Å². The Hall–Kier alpha value is -1.79. The maximum Gasteiger partial charge on any atom is 0.339 e. The van der Waals surface area contributed by atoms with E-state index in [0.717, 1.165) is 25.9 Å². The third kappa shape index (κ3) is 4.36. The van der Waals surface area contributed by atoms with E-state index in [-0.39, 0.29) is 12.7 Å². The van der Waals surface area contributed by atoms with Crippen LogP contribution in [0.2, 0.25) is 0 Å². The summed E-state index contributed by atoms with van der Waals surface area (Å²) in [7, 11) is 3.59. The molecule has 1 aliphatic rings. The average molecular weight is 323 g/mol. The molecule has 6 heteroatoms. The molecule has 0 amide bonds. The Morgan fingerprint density at radius 2 is 2.26 bits per heavy atom. The number of nitrogens with zero attached hydrogens (tertiary/aromatic N) is 1. The topological polar surface area (TPSA) is 68.2 Å². The first kappa shape index (κ1) is 17.6. The Morgan fingerprint density at radius 3 is 2.91 bits per heavy atom. The molecular formula is C17H25NO5. The predicted molar refractivity (Wildman–Crippen MR) is 85.7 cm³/mol. The maximum absolute atomic E-state index is 11.9. The molecule has 1 aliphatic heterocycles. The van der Waals surface area contributed by atoms with Crippen LogP contribution < -0.4 is 9.47 Å². The highest BCUT2D eigenvalue weighted by molar-refractivity contribution is 5.77. The van der Waals surface area contributed by atoms with Crippen LogP contribution in [0.3, 0.4) is 0 Å². The van der Waals surface area contributed by atoms with Gasteiger partial charge in [0, 0.05) is 12.1 Å². The van der Waals surface area contributed by atoms with Crippen molar-refractivity contribution in [1.29, 1.82) is 0 Å². The van der Waals surface area contributed by atoms with Gasteiger partial charge in [-0.25, -0.2) is 4.79 Å². The quantitative estimate of drug-likeness (QED) is 0.805. The van der Waals surface area contributed by atoms with Gasteiger partial charge in [-0.1, -0.05) is 12.1 Å². The van der Waals surface area contributed by atoms with E-state index in [9.17, 15) is 9.90 Å². The van der Waals surface area contributed by atoms with Gasteiger partial charge in [0.2, 0.25) is 0 Å². The lowest BCUT2D eigenvalue weighted by Gasteiger charge is -2.31. The molecule has 128 valence electrons. The molecule has 0 aromatic heterocycles. The van der Waals surface area contributed by atoms with Crippen molar-refractivity contribution < 1.29 is 24.1 Å². The van der Waals surface area contributed by atoms with Crippen molar-refractivity contribution >= 4 is 5.97 Å². The smallest absolute Gasteiger partial charge is 0.339 e. The van der Waals surface area contributed by atoms with Gasteiger partial charge in [0.15, 0.2) is 17.6 Å². The number of piperidine rings is 1. The first-order valence-electron chi connectivity index (χ1n) is 7.93. The summed E-state index contributed by atoms with van der Waals surface area (Å²) in [6.45, 7) is 3.76. The third-order valence-electron chi connectivity index (χ3n) is 3.90. The number of benzene rings is 1. The number of methoxy groups -OCH3 is 1. The molecular weight excluding hydrogens is 298 g/mol. The van der Waals surface area contributed by atoms with E-state index in [0.29, 0.717) is 17.1 Å². The molecule has 1 saturated heterocycles. The van der Waals surface area contributed by atoms with Gasteiger partial charge in [0.1, 0.15) is 6.10 Å². The van der Waals surface area contributed by atoms with Gasteiger partial charge in [0.25, 0.3) is 0 Å². The van der Waals surface area contributed by atoms with E-state index in [2.05, 4.69) is 4.90 Å². The minimum absolute atomic E-state index is 0.00167.